The van der Waals surface area contributed by atoms with E-state index in [-0.39, 0.29) is 6.61 Å². The first-order valence-corrected chi connectivity index (χ1v) is 9.79. The summed E-state index contributed by atoms with van der Waals surface area (Å²) in [6, 6.07) is 13.7. The number of rotatable bonds is 4. The molecule has 7 nitrogen and oxygen atoms in total. The first-order chi connectivity index (χ1) is 14.3. The molecule has 2 aliphatic heterocycles. The van der Waals surface area contributed by atoms with E-state index in [1.807, 2.05) is 37.3 Å². The second-order valence-corrected chi connectivity index (χ2v) is 8.08. The molecule has 8 heteroatoms. The second kappa shape index (κ2) is 7.60. The molecule has 2 atom stereocenters. The third-order valence-electron chi connectivity index (χ3n) is 5.74. The van der Waals surface area contributed by atoms with Crippen LogP contribution >= 0.6 is 0 Å². The van der Waals surface area contributed by atoms with Crippen LogP contribution < -0.4 is 10.6 Å². The van der Waals surface area contributed by atoms with E-state index in [1.54, 1.807) is 24.0 Å². The summed E-state index contributed by atoms with van der Waals surface area (Å²) in [6.45, 7) is 4.54. The molecule has 2 amide bonds. The fourth-order valence-corrected chi connectivity index (χ4v) is 3.97. The molecule has 2 aliphatic rings. The Bertz CT molecular complexity index is 962. The van der Waals surface area contributed by atoms with E-state index in [0.29, 0.717) is 24.3 Å². The molecule has 30 heavy (non-hydrogen) atoms. The number of hydrogen-bond acceptors (Lipinski definition) is 5. The number of anilines is 1. The van der Waals surface area contributed by atoms with Crippen LogP contribution in [-0.4, -0.2) is 42.4 Å². The summed E-state index contributed by atoms with van der Waals surface area (Å²) in [5.74, 6) is -0.437. The van der Waals surface area contributed by atoms with Gasteiger partial charge in [-0.15, -0.1) is 0 Å². The van der Waals surface area contributed by atoms with Gasteiger partial charge in [0.15, 0.2) is 6.23 Å². The van der Waals surface area contributed by atoms with Crippen molar-refractivity contribution >= 4 is 17.9 Å². The lowest BCUT2D eigenvalue weighted by Gasteiger charge is -2.47. The van der Waals surface area contributed by atoms with E-state index in [0.717, 1.165) is 5.56 Å². The van der Waals surface area contributed by atoms with Gasteiger partial charge < -0.3 is 14.4 Å². The summed E-state index contributed by atoms with van der Waals surface area (Å²) in [4.78, 5) is 27.1. The van der Waals surface area contributed by atoms with Gasteiger partial charge in [0.25, 0.3) is 0 Å². The summed E-state index contributed by atoms with van der Waals surface area (Å²) < 4.78 is 25.2. The van der Waals surface area contributed by atoms with Crippen molar-refractivity contribution in [2.45, 2.75) is 38.1 Å². The lowest BCUT2D eigenvalue weighted by atomic mass is 9.75. The molecule has 4 rings (SSSR count). The minimum Gasteiger partial charge on any atom is -0.445 e. The van der Waals surface area contributed by atoms with E-state index in [2.05, 4.69) is 0 Å². The van der Waals surface area contributed by atoms with E-state index < -0.39 is 35.7 Å². The summed E-state index contributed by atoms with van der Waals surface area (Å²) >= 11 is 0. The Labute approximate surface area is 174 Å². The molecule has 2 heterocycles. The third kappa shape index (κ3) is 3.59. The molecule has 0 spiro atoms. The standard InChI is InChI=1S/C22H24FN3O4/c1-14-19(24)30-21(28)26(14)16-8-9-17(18(23)10-16)22(2)12-25(13-22)20(27)29-11-15-6-4-3-5-7-15/h3-10,14,19H,11-13,24H2,1-2H3. The number of cyclic esters (lactones) is 1. The quantitative estimate of drug-likeness (QED) is 0.831. The second-order valence-electron chi connectivity index (χ2n) is 8.08. The Morgan fingerprint density at radius 2 is 1.97 bits per heavy atom. The Balaban J connectivity index is 1.40. The topological polar surface area (TPSA) is 85.1 Å². The SMILES string of the molecule is CC1C(N)OC(=O)N1c1ccc(C2(C)CN(C(=O)OCc3ccccc3)C2)c(F)c1. The van der Waals surface area contributed by atoms with Crippen molar-refractivity contribution in [1.29, 1.82) is 0 Å². The summed E-state index contributed by atoms with van der Waals surface area (Å²) in [5.41, 5.74) is 7.00. The average molecular weight is 413 g/mol. The fourth-order valence-electron chi connectivity index (χ4n) is 3.97. The highest BCUT2D eigenvalue weighted by Crippen LogP contribution is 2.38. The molecule has 0 radical (unpaired) electrons. The maximum absolute atomic E-state index is 14.9. The Morgan fingerprint density at radius 3 is 2.57 bits per heavy atom. The van der Waals surface area contributed by atoms with Crippen molar-refractivity contribution in [1.82, 2.24) is 4.90 Å². The molecule has 0 saturated carbocycles. The van der Waals surface area contributed by atoms with Gasteiger partial charge >= 0.3 is 12.2 Å². The molecule has 2 aromatic rings. The normalized spacial score (nSPS) is 22.5. The maximum atomic E-state index is 14.9. The van der Waals surface area contributed by atoms with Gasteiger partial charge in [0.1, 0.15) is 12.4 Å². The molecule has 2 N–H and O–H groups in total. The molecular weight excluding hydrogens is 389 g/mol. The number of benzene rings is 2. The van der Waals surface area contributed by atoms with Crippen molar-refractivity contribution < 1.29 is 23.5 Å². The van der Waals surface area contributed by atoms with Crippen molar-refractivity contribution in [2.75, 3.05) is 18.0 Å². The number of nitrogens with two attached hydrogens (primary N) is 1. The Kier molecular flexibility index (Phi) is 5.11. The minimum absolute atomic E-state index is 0.197. The number of halogens is 1. The maximum Gasteiger partial charge on any atom is 0.416 e. The summed E-state index contributed by atoms with van der Waals surface area (Å²) in [7, 11) is 0. The molecule has 0 bridgehead atoms. The number of carbonyl (C=O) groups is 2. The average Bonchev–Trinajstić information content (AvgIpc) is 2.96. The van der Waals surface area contributed by atoms with Gasteiger partial charge in [-0.05, 0) is 30.2 Å². The molecule has 2 unspecified atom stereocenters. The van der Waals surface area contributed by atoms with Gasteiger partial charge in [-0.1, -0.05) is 43.3 Å². The smallest absolute Gasteiger partial charge is 0.416 e. The fraction of sp³-hybridized carbons (Fsp3) is 0.364. The number of hydrogen-bond donors (Lipinski definition) is 1. The number of likely N-dealkylation sites (tertiary alicyclic amines) is 1. The predicted octanol–water partition coefficient (Wildman–Crippen LogP) is 3.37. The minimum atomic E-state index is -0.750. The van der Waals surface area contributed by atoms with Crippen LogP contribution in [0.2, 0.25) is 0 Å². The Morgan fingerprint density at radius 1 is 1.27 bits per heavy atom. The predicted molar refractivity (Wildman–Crippen MR) is 108 cm³/mol. The molecule has 158 valence electrons. The van der Waals surface area contributed by atoms with Crippen LogP contribution in [0.4, 0.5) is 19.7 Å². The van der Waals surface area contributed by atoms with Gasteiger partial charge in [-0.3, -0.25) is 10.6 Å². The molecule has 0 aliphatic carbocycles. The first kappa shape index (κ1) is 20.2. The third-order valence-corrected chi connectivity index (χ3v) is 5.74. The van der Waals surface area contributed by atoms with Crippen LogP contribution in [0.15, 0.2) is 48.5 Å². The van der Waals surface area contributed by atoms with Crippen molar-refractivity contribution in [3.05, 3.63) is 65.5 Å². The van der Waals surface area contributed by atoms with Crippen molar-refractivity contribution in [3.63, 3.8) is 0 Å². The lowest BCUT2D eigenvalue weighted by molar-refractivity contribution is 0.0384. The molecule has 2 saturated heterocycles. The van der Waals surface area contributed by atoms with Gasteiger partial charge in [-0.2, -0.15) is 0 Å². The van der Waals surface area contributed by atoms with Crippen LogP contribution in [0.25, 0.3) is 0 Å². The zero-order valence-corrected chi connectivity index (χ0v) is 16.9. The zero-order valence-electron chi connectivity index (χ0n) is 16.9. The van der Waals surface area contributed by atoms with Crippen LogP contribution in [0, 0.1) is 5.82 Å². The Hall–Kier alpha value is -3.13. The number of nitrogens with zero attached hydrogens (tertiary/aromatic N) is 2. The highest BCUT2D eigenvalue weighted by atomic mass is 19.1. The van der Waals surface area contributed by atoms with E-state index in [1.165, 1.54) is 11.0 Å². The molecular formula is C22H24FN3O4. The highest BCUT2D eigenvalue weighted by Gasteiger charge is 2.45. The van der Waals surface area contributed by atoms with E-state index >= 15 is 0 Å². The number of ether oxygens (including phenoxy) is 2. The monoisotopic (exact) mass is 413 g/mol. The van der Waals surface area contributed by atoms with Gasteiger partial charge in [0.2, 0.25) is 0 Å². The largest absolute Gasteiger partial charge is 0.445 e. The van der Waals surface area contributed by atoms with Crippen LogP contribution in [0.1, 0.15) is 25.0 Å². The van der Waals surface area contributed by atoms with E-state index in [9.17, 15) is 14.0 Å². The number of amides is 2. The van der Waals surface area contributed by atoms with Crippen LogP contribution in [-0.2, 0) is 21.5 Å². The van der Waals surface area contributed by atoms with E-state index in [4.69, 9.17) is 15.2 Å². The first-order valence-electron chi connectivity index (χ1n) is 9.79. The van der Waals surface area contributed by atoms with Gasteiger partial charge in [0.05, 0.1) is 11.7 Å². The van der Waals surface area contributed by atoms with Crippen LogP contribution in [0.3, 0.4) is 0 Å². The van der Waals surface area contributed by atoms with Gasteiger partial charge in [0, 0.05) is 18.5 Å². The highest BCUT2D eigenvalue weighted by molar-refractivity contribution is 5.90. The summed E-state index contributed by atoms with van der Waals surface area (Å²) in [5, 5.41) is 0. The van der Waals surface area contributed by atoms with Gasteiger partial charge in [-0.25, -0.2) is 14.0 Å². The lowest BCUT2D eigenvalue weighted by Crippen LogP contribution is -2.60. The summed E-state index contributed by atoms with van der Waals surface area (Å²) in [6.07, 6.45) is -1.76. The van der Waals surface area contributed by atoms with Crippen molar-refractivity contribution in [3.8, 4) is 0 Å². The molecule has 0 aromatic heterocycles. The zero-order chi connectivity index (χ0) is 21.5. The van der Waals surface area contributed by atoms with Crippen LogP contribution in [0.5, 0.6) is 0 Å². The molecule has 2 fully saturated rings. The number of carbonyl (C=O) groups excluding carboxylic acids is 2. The van der Waals surface area contributed by atoms with Crippen molar-refractivity contribution in [2.24, 2.45) is 5.73 Å². The molecule has 2 aromatic carbocycles.